The molecule has 1 unspecified atom stereocenters. The van der Waals surface area contributed by atoms with Gasteiger partial charge in [-0.25, -0.2) is 4.79 Å². The van der Waals surface area contributed by atoms with Gasteiger partial charge in [0, 0.05) is 18.7 Å². The Hall–Kier alpha value is -2.82. The van der Waals surface area contributed by atoms with Crippen LogP contribution in [0.25, 0.3) is 0 Å². The Morgan fingerprint density at radius 1 is 1.16 bits per heavy atom. The van der Waals surface area contributed by atoms with Gasteiger partial charge < -0.3 is 14.7 Å². The molecule has 0 spiro atoms. The van der Waals surface area contributed by atoms with E-state index in [-0.39, 0.29) is 17.5 Å². The number of hydrogen-bond acceptors (Lipinski definition) is 3. The number of para-hydroxylation sites is 1. The summed E-state index contributed by atoms with van der Waals surface area (Å²) in [6.45, 7) is 3.74. The molecule has 132 valence electrons. The highest BCUT2D eigenvalue weighted by atomic mass is 16.5. The van der Waals surface area contributed by atoms with Gasteiger partial charge in [0.15, 0.2) is 0 Å². The lowest BCUT2D eigenvalue weighted by molar-refractivity contribution is 0.0696. The molecule has 0 aliphatic rings. The summed E-state index contributed by atoms with van der Waals surface area (Å²) in [5, 5.41) is 9.18. The number of methoxy groups -OCH3 is 1. The van der Waals surface area contributed by atoms with Crippen molar-refractivity contribution in [3.05, 3.63) is 64.7 Å². The molecule has 0 aliphatic heterocycles. The van der Waals surface area contributed by atoms with Gasteiger partial charge in [0.2, 0.25) is 0 Å². The van der Waals surface area contributed by atoms with Gasteiger partial charge in [-0.05, 0) is 55.7 Å². The van der Waals surface area contributed by atoms with Crippen molar-refractivity contribution < 1.29 is 19.4 Å². The summed E-state index contributed by atoms with van der Waals surface area (Å²) < 4.78 is 5.36. The molecule has 5 nitrogen and oxygen atoms in total. The van der Waals surface area contributed by atoms with E-state index in [1.54, 1.807) is 38.1 Å². The third-order valence-electron chi connectivity index (χ3n) is 4.26. The van der Waals surface area contributed by atoms with E-state index in [4.69, 9.17) is 4.74 Å². The lowest BCUT2D eigenvalue weighted by Crippen LogP contribution is -2.36. The van der Waals surface area contributed by atoms with Crippen LogP contribution in [-0.4, -0.2) is 42.1 Å². The van der Waals surface area contributed by atoms with Crippen LogP contribution in [0, 0.1) is 6.92 Å². The first-order valence-corrected chi connectivity index (χ1v) is 8.07. The number of ether oxygens (including phenoxy) is 1. The average molecular weight is 341 g/mol. The van der Waals surface area contributed by atoms with Crippen LogP contribution in [0.5, 0.6) is 5.75 Å². The van der Waals surface area contributed by atoms with E-state index in [1.807, 2.05) is 31.2 Å². The highest BCUT2D eigenvalue weighted by Crippen LogP contribution is 2.21. The standard InChI is InChI=1S/C20H23NO4/c1-13-9-16(12-17(10-13)20(23)24)19(22)21(3)14(2)11-15-7-5-6-8-18(15)25-4/h5-10,12,14H,11H2,1-4H3,(H,23,24). The molecule has 5 heteroatoms. The van der Waals surface area contributed by atoms with Crippen molar-refractivity contribution in [2.45, 2.75) is 26.3 Å². The van der Waals surface area contributed by atoms with Crippen molar-refractivity contribution in [2.75, 3.05) is 14.2 Å². The third kappa shape index (κ3) is 4.38. The molecule has 0 heterocycles. The smallest absolute Gasteiger partial charge is 0.335 e. The Balaban J connectivity index is 2.20. The third-order valence-corrected chi connectivity index (χ3v) is 4.26. The van der Waals surface area contributed by atoms with Crippen molar-refractivity contribution in [1.29, 1.82) is 0 Å². The summed E-state index contributed by atoms with van der Waals surface area (Å²) in [5.74, 6) is -0.449. The van der Waals surface area contributed by atoms with Crippen molar-refractivity contribution in [1.82, 2.24) is 4.90 Å². The maximum absolute atomic E-state index is 12.8. The zero-order valence-corrected chi connectivity index (χ0v) is 14.9. The molecule has 0 bridgehead atoms. The first-order chi connectivity index (χ1) is 11.8. The Bertz CT molecular complexity index is 785. The van der Waals surface area contributed by atoms with E-state index >= 15 is 0 Å². The highest BCUT2D eigenvalue weighted by Gasteiger charge is 2.20. The Kier molecular flexibility index (Phi) is 5.80. The Morgan fingerprint density at radius 3 is 2.44 bits per heavy atom. The summed E-state index contributed by atoms with van der Waals surface area (Å²) in [4.78, 5) is 25.6. The number of nitrogens with zero attached hydrogens (tertiary/aromatic N) is 1. The number of amides is 1. The van der Waals surface area contributed by atoms with Crippen LogP contribution in [0.3, 0.4) is 0 Å². The van der Waals surface area contributed by atoms with E-state index in [9.17, 15) is 14.7 Å². The second-order valence-electron chi connectivity index (χ2n) is 6.17. The molecule has 0 radical (unpaired) electrons. The lowest BCUT2D eigenvalue weighted by Gasteiger charge is -2.26. The molecule has 0 saturated carbocycles. The molecular weight excluding hydrogens is 318 g/mol. The number of aryl methyl sites for hydroxylation is 1. The van der Waals surface area contributed by atoms with Gasteiger partial charge in [0.1, 0.15) is 5.75 Å². The van der Waals surface area contributed by atoms with Crippen molar-refractivity contribution in [3.63, 3.8) is 0 Å². The molecule has 1 atom stereocenters. The van der Waals surface area contributed by atoms with Gasteiger partial charge in [0.05, 0.1) is 12.7 Å². The topological polar surface area (TPSA) is 66.8 Å². The Labute approximate surface area is 147 Å². The largest absolute Gasteiger partial charge is 0.496 e. The van der Waals surface area contributed by atoms with Gasteiger partial charge in [-0.3, -0.25) is 4.79 Å². The van der Waals surface area contributed by atoms with E-state index in [0.717, 1.165) is 16.9 Å². The van der Waals surface area contributed by atoms with Crippen molar-refractivity contribution >= 4 is 11.9 Å². The average Bonchev–Trinajstić information content (AvgIpc) is 2.60. The number of carbonyl (C=O) groups excluding carboxylic acids is 1. The summed E-state index contributed by atoms with van der Waals surface area (Å²) >= 11 is 0. The molecule has 2 aromatic carbocycles. The number of carboxylic acid groups (broad SMARTS) is 1. The fourth-order valence-corrected chi connectivity index (χ4v) is 2.76. The number of hydrogen-bond donors (Lipinski definition) is 1. The number of rotatable bonds is 6. The van der Waals surface area contributed by atoms with Crippen LogP contribution in [0.4, 0.5) is 0 Å². The predicted molar refractivity (Wildman–Crippen MR) is 96.4 cm³/mol. The second kappa shape index (κ2) is 7.83. The lowest BCUT2D eigenvalue weighted by atomic mass is 10.0. The molecule has 0 aromatic heterocycles. The molecular formula is C20H23NO4. The number of carboxylic acids is 1. The predicted octanol–water partition coefficient (Wildman–Crippen LogP) is 3.41. The molecule has 0 aliphatic carbocycles. The minimum absolute atomic E-state index is 0.0717. The fourth-order valence-electron chi connectivity index (χ4n) is 2.76. The fraction of sp³-hybridized carbons (Fsp3) is 0.300. The van der Waals surface area contributed by atoms with Gasteiger partial charge >= 0.3 is 5.97 Å². The van der Waals surface area contributed by atoms with Gasteiger partial charge in [-0.1, -0.05) is 18.2 Å². The highest BCUT2D eigenvalue weighted by molar-refractivity contribution is 5.97. The van der Waals surface area contributed by atoms with Crippen LogP contribution < -0.4 is 4.74 Å². The van der Waals surface area contributed by atoms with Crippen molar-refractivity contribution in [3.8, 4) is 5.75 Å². The molecule has 2 aromatic rings. The summed E-state index contributed by atoms with van der Waals surface area (Å²) in [5.41, 5.74) is 2.27. The minimum atomic E-state index is -1.04. The number of benzene rings is 2. The SMILES string of the molecule is COc1ccccc1CC(C)N(C)C(=O)c1cc(C)cc(C(=O)O)c1. The van der Waals surface area contributed by atoms with Gasteiger partial charge in [0.25, 0.3) is 5.91 Å². The molecule has 2 rings (SSSR count). The van der Waals surface area contributed by atoms with E-state index < -0.39 is 5.97 Å². The first kappa shape index (κ1) is 18.5. The summed E-state index contributed by atoms with van der Waals surface area (Å²) in [6.07, 6.45) is 0.643. The Morgan fingerprint density at radius 2 is 1.80 bits per heavy atom. The molecule has 1 amide bonds. The van der Waals surface area contributed by atoms with E-state index in [1.165, 1.54) is 6.07 Å². The van der Waals surface area contributed by atoms with E-state index in [2.05, 4.69) is 0 Å². The summed E-state index contributed by atoms with van der Waals surface area (Å²) in [7, 11) is 3.35. The monoisotopic (exact) mass is 341 g/mol. The normalized spacial score (nSPS) is 11.7. The van der Waals surface area contributed by atoms with Crippen LogP contribution >= 0.6 is 0 Å². The number of aromatic carboxylic acids is 1. The first-order valence-electron chi connectivity index (χ1n) is 8.07. The second-order valence-corrected chi connectivity index (χ2v) is 6.17. The maximum Gasteiger partial charge on any atom is 0.335 e. The van der Waals surface area contributed by atoms with Crippen LogP contribution in [0.15, 0.2) is 42.5 Å². The number of likely N-dealkylation sites (N-methyl/N-ethyl adjacent to an activating group) is 1. The zero-order chi connectivity index (χ0) is 18.6. The van der Waals surface area contributed by atoms with Crippen LogP contribution in [0.2, 0.25) is 0 Å². The molecule has 0 fully saturated rings. The van der Waals surface area contributed by atoms with E-state index in [0.29, 0.717) is 12.0 Å². The number of carbonyl (C=O) groups is 2. The van der Waals surface area contributed by atoms with Crippen LogP contribution in [-0.2, 0) is 6.42 Å². The summed E-state index contributed by atoms with van der Waals surface area (Å²) in [6, 6.07) is 12.3. The maximum atomic E-state index is 12.8. The van der Waals surface area contributed by atoms with Gasteiger partial charge in [-0.2, -0.15) is 0 Å². The zero-order valence-electron chi connectivity index (χ0n) is 14.9. The molecule has 1 N–H and O–H groups in total. The van der Waals surface area contributed by atoms with Crippen molar-refractivity contribution in [2.24, 2.45) is 0 Å². The minimum Gasteiger partial charge on any atom is -0.496 e. The van der Waals surface area contributed by atoms with Gasteiger partial charge in [-0.15, -0.1) is 0 Å². The molecule has 25 heavy (non-hydrogen) atoms. The van der Waals surface area contributed by atoms with Crippen LogP contribution in [0.1, 0.15) is 38.8 Å². The molecule has 0 saturated heterocycles. The quantitative estimate of drug-likeness (QED) is 0.874.